The molecular weight excluding hydrogens is 196 g/mol. The summed E-state index contributed by atoms with van der Waals surface area (Å²) in [6.07, 6.45) is 0. The summed E-state index contributed by atoms with van der Waals surface area (Å²) in [5, 5.41) is 3.24. The number of urea groups is 1. The van der Waals surface area contributed by atoms with Crippen molar-refractivity contribution in [3.05, 3.63) is 29.8 Å². The molecule has 5 nitrogen and oxygen atoms in total. The number of benzene rings is 1. The van der Waals surface area contributed by atoms with Crippen molar-refractivity contribution in [2.45, 2.75) is 6.92 Å². The maximum Gasteiger partial charge on any atom is 0.352 e. The van der Waals surface area contributed by atoms with Gasteiger partial charge in [0.25, 0.3) is 5.91 Å². The first-order valence-corrected chi connectivity index (χ1v) is 4.50. The molecule has 1 aromatic rings. The van der Waals surface area contributed by atoms with E-state index in [-0.39, 0.29) is 6.61 Å². The second kappa shape index (κ2) is 3.70. The first-order chi connectivity index (χ1) is 7.16. The van der Waals surface area contributed by atoms with Gasteiger partial charge in [0.2, 0.25) is 0 Å². The van der Waals surface area contributed by atoms with Crippen LogP contribution in [0.25, 0.3) is 0 Å². The van der Waals surface area contributed by atoms with E-state index in [1.165, 1.54) is 0 Å². The number of carbonyl (C=O) groups excluding carboxylic acids is 2. The van der Waals surface area contributed by atoms with Crippen molar-refractivity contribution in [2.24, 2.45) is 0 Å². The smallest absolute Gasteiger partial charge is 0.274 e. The maximum absolute atomic E-state index is 11.4. The van der Waals surface area contributed by atoms with Gasteiger partial charge in [-0.25, -0.2) is 4.79 Å². The number of rotatable bonds is 1. The molecule has 1 aliphatic heterocycles. The van der Waals surface area contributed by atoms with Crippen LogP contribution in [0, 0.1) is 6.92 Å². The van der Waals surface area contributed by atoms with Crippen LogP contribution in [0.1, 0.15) is 5.56 Å². The molecule has 0 spiro atoms. The lowest BCUT2D eigenvalue weighted by Crippen LogP contribution is -2.50. The molecule has 0 atom stereocenters. The van der Waals surface area contributed by atoms with Crippen LogP contribution < -0.4 is 10.4 Å². The molecule has 78 valence electrons. The van der Waals surface area contributed by atoms with E-state index in [9.17, 15) is 9.59 Å². The second-order valence-corrected chi connectivity index (χ2v) is 3.26. The highest BCUT2D eigenvalue weighted by atomic mass is 16.7. The van der Waals surface area contributed by atoms with Crippen molar-refractivity contribution in [3.8, 4) is 0 Å². The van der Waals surface area contributed by atoms with E-state index >= 15 is 0 Å². The van der Waals surface area contributed by atoms with Crippen molar-refractivity contribution in [3.63, 3.8) is 0 Å². The van der Waals surface area contributed by atoms with Gasteiger partial charge in [-0.15, -0.1) is 0 Å². The molecule has 1 aliphatic rings. The van der Waals surface area contributed by atoms with Crippen LogP contribution in [0.15, 0.2) is 24.3 Å². The van der Waals surface area contributed by atoms with Gasteiger partial charge in [-0.3, -0.25) is 14.9 Å². The van der Waals surface area contributed by atoms with Crippen LogP contribution in [-0.2, 0) is 9.63 Å². The Hall–Kier alpha value is -1.88. The number of carbonyl (C=O) groups is 2. The normalized spacial score (nSPS) is 16.5. The van der Waals surface area contributed by atoms with Crippen LogP contribution in [-0.4, -0.2) is 18.5 Å². The fourth-order valence-corrected chi connectivity index (χ4v) is 1.26. The van der Waals surface area contributed by atoms with Crippen LogP contribution in [0.4, 0.5) is 10.5 Å². The minimum atomic E-state index is -0.560. The lowest BCUT2D eigenvalue weighted by molar-refractivity contribution is -0.126. The third-order valence-corrected chi connectivity index (χ3v) is 2.02. The summed E-state index contributed by atoms with van der Waals surface area (Å²) in [4.78, 5) is 27.2. The van der Waals surface area contributed by atoms with Crippen LogP contribution >= 0.6 is 0 Å². The zero-order chi connectivity index (χ0) is 10.8. The Bertz CT molecular complexity index is 400. The fraction of sp³-hybridized carbons (Fsp3) is 0.200. The van der Waals surface area contributed by atoms with E-state index in [0.717, 1.165) is 10.6 Å². The van der Waals surface area contributed by atoms with Gasteiger partial charge in [0.05, 0.1) is 5.69 Å². The molecule has 0 bridgehead atoms. The van der Waals surface area contributed by atoms with E-state index in [1.807, 2.05) is 19.1 Å². The second-order valence-electron chi connectivity index (χ2n) is 3.26. The molecule has 1 aromatic carbocycles. The van der Waals surface area contributed by atoms with Crippen molar-refractivity contribution in [1.82, 2.24) is 5.32 Å². The minimum Gasteiger partial charge on any atom is -0.274 e. The van der Waals surface area contributed by atoms with E-state index in [4.69, 9.17) is 4.84 Å². The van der Waals surface area contributed by atoms with E-state index < -0.39 is 11.9 Å². The maximum atomic E-state index is 11.4. The summed E-state index contributed by atoms with van der Waals surface area (Å²) < 4.78 is 0. The molecule has 0 unspecified atom stereocenters. The average molecular weight is 206 g/mol. The summed E-state index contributed by atoms with van der Waals surface area (Å²) in [6.45, 7) is 1.81. The summed E-state index contributed by atoms with van der Waals surface area (Å²) in [6, 6.07) is 6.68. The summed E-state index contributed by atoms with van der Waals surface area (Å²) in [5.74, 6) is -0.427. The quantitative estimate of drug-likeness (QED) is 0.745. The molecule has 5 heteroatoms. The number of hydrogen-bond acceptors (Lipinski definition) is 3. The third-order valence-electron chi connectivity index (χ3n) is 2.02. The molecular formula is C10H10N2O3. The largest absolute Gasteiger partial charge is 0.352 e. The molecule has 0 radical (unpaired) electrons. The molecule has 3 amide bonds. The van der Waals surface area contributed by atoms with E-state index in [1.54, 1.807) is 12.1 Å². The molecule has 15 heavy (non-hydrogen) atoms. The summed E-state index contributed by atoms with van der Waals surface area (Å²) in [7, 11) is 0. The SMILES string of the molecule is Cc1ccc(N2OCC(=O)NC2=O)cc1. The topological polar surface area (TPSA) is 58.6 Å². The monoisotopic (exact) mass is 206 g/mol. The Morgan fingerprint density at radius 1 is 1.27 bits per heavy atom. The van der Waals surface area contributed by atoms with Gasteiger partial charge in [0.1, 0.15) is 0 Å². The number of hydrogen-bond donors (Lipinski definition) is 1. The Morgan fingerprint density at radius 2 is 1.93 bits per heavy atom. The van der Waals surface area contributed by atoms with Crippen LogP contribution in [0.5, 0.6) is 0 Å². The number of amides is 3. The van der Waals surface area contributed by atoms with Crippen molar-refractivity contribution in [2.75, 3.05) is 11.7 Å². The molecule has 1 heterocycles. The van der Waals surface area contributed by atoms with Gasteiger partial charge < -0.3 is 0 Å². The van der Waals surface area contributed by atoms with Crippen molar-refractivity contribution < 1.29 is 14.4 Å². The fourth-order valence-electron chi connectivity index (χ4n) is 1.26. The Morgan fingerprint density at radius 3 is 2.53 bits per heavy atom. The molecule has 0 aromatic heterocycles. The Kier molecular flexibility index (Phi) is 2.39. The Balaban J connectivity index is 2.20. The number of nitrogens with zero attached hydrogens (tertiary/aromatic N) is 1. The highest BCUT2D eigenvalue weighted by Gasteiger charge is 2.25. The number of hydroxylamine groups is 1. The zero-order valence-electron chi connectivity index (χ0n) is 8.19. The number of nitrogens with one attached hydrogen (secondary N) is 1. The molecule has 1 N–H and O–H groups in total. The minimum absolute atomic E-state index is 0.139. The molecule has 1 saturated heterocycles. The summed E-state index contributed by atoms with van der Waals surface area (Å²) >= 11 is 0. The van der Waals surface area contributed by atoms with Gasteiger partial charge >= 0.3 is 6.03 Å². The predicted molar refractivity (Wildman–Crippen MR) is 53.1 cm³/mol. The predicted octanol–water partition coefficient (Wildman–Crippen LogP) is 0.983. The van der Waals surface area contributed by atoms with Crippen LogP contribution in [0.2, 0.25) is 0 Å². The number of aryl methyl sites for hydroxylation is 1. The van der Waals surface area contributed by atoms with Crippen LogP contribution in [0.3, 0.4) is 0 Å². The molecule has 1 fully saturated rings. The highest BCUT2D eigenvalue weighted by Crippen LogP contribution is 2.16. The molecule has 0 saturated carbocycles. The molecule has 2 rings (SSSR count). The lowest BCUT2D eigenvalue weighted by Gasteiger charge is -2.25. The van der Waals surface area contributed by atoms with E-state index in [2.05, 4.69) is 5.32 Å². The van der Waals surface area contributed by atoms with Crippen molar-refractivity contribution in [1.29, 1.82) is 0 Å². The molecule has 0 aliphatic carbocycles. The first-order valence-electron chi connectivity index (χ1n) is 4.50. The third kappa shape index (κ3) is 1.97. The zero-order valence-corrected chi connectivity index (χ0v) is 8.19. The van der Waals surface area contributed by atoms with Gasteiger partial charge in [-0.05, 0) is 19.1 Å². The van der Waals surface area contributed by atoms with Crippen molar-refractivity contribution >= 4 is 17.6 Å². The van der Waals surface area contributed by atoms with E-state index in [0.29, 0.717) is 5.69 Å². The van der Waals surface area contributed by atoms with Gasteiger partial charge in [-0.1, -0.05) is 17.7 Å². The summed E-state index contributed by atoms with van der Waals surface area (Å²) in [5.41, 5.74) is 1.69. The van der Waals surface area contributed by atoms with Gasteiger partial charge in [0, 0.05) is 0 Å². The Labute approximate surface area is 86.6 Å². The average Bonchev–Trinajstić information content (AvgIpc) is 2.20. The highest BCUT2D eigenvalue weighted by molar-refractivity contribution is 6.03. The number of imide groups is 1. The lowest BCUT2D eigenvalue weighted by atomic mass is 10.2. The number of anilines is 1. The standard InChI is InChI=1S/C10H10N2O3/c1-7-2-4-8(5-3-7)12-10(14)11-9(13)6-15-12/h2-5H,6H2,1H3,(H,11,13,14). The first kappa shape index (κ1) is 9.67. The van der Waals surface area contributed by atoms with Gasteiger partial charge in [-0.2, -0.15) is 5.06 Å². The van der Waals surface area contributed by atoms with Gasteiger partial charge in [0.15, 0.2) is 6.61 Å².